The van der Waals surface area contributed by atoms with E-state index in [-0.39, 0.29) is 0 Å². The maximum Gasteiger partial charge on any atom is 0.178 e. The van der Waals surface area contributed by atoms with Crippen molar-refractivity contribution in [1.29, 1.82) is 0 Å². The first-order valence-corrected chi connectivity index (χ1v) is 7.31. The fourth-order valence-electron chi connectivity index (χ4n) is 3.03. The van der Waals surface area contributed by atoms with E-state index in [1.807, 2.05) is 12.4 Å². The molecule has 3 rings (SSSR count). The number of H-pyrrole nitrogens is 1. The van der Waals surface area contributed by atoms with Crippen LogP contribution in [0.25, 0.3) is 11.0 Å². The predicted molar refractivity (Wildman–Crippen MR) is 76.3 cm³/mol. The van der Waals surface area contributed by atoms with Crippen molar-refractivity contribution in [2.75, 3.05) is 0 Å². The summed E-state index contributed by atoms with van der Waals surface area (Å²) in [5.74, 6) is 0. The number of pyridine rings is 1. The quantitative estimate of drug-likeness (QED) is 0.773. The lowest BCUT2D eigenvalue weighted by molar-refractivity contribution is 0.376. The van der Waals surface area contributed by atoms with Gasteiger partial charge in [-0.25, -0.2) is 0 Å². The fourth-order valence-corrected chi connectivity index (χ4v) is 3.39. The van der Waals surface area contributed by atoms with E-state index < -0.39 is 0 Å². The average Bonchev–Trinajstić information content (AvgIpc) is 2.65. The topological polar surface area (TPSA) is 33.6 Å². The minimum absolute atomic E-state index is 0.564. The summed E-state index contributed by atoms with van der Waals surface area (Å²) in [6.45, 7) is 0. The molecule has 0 atom stereocenters. The lowest BCUT2D eigenvalue weighted by Gasteiger charge is -2.21. The van der Waals surface area contributed by atoms with Crippen molar-refractivity contribution in [2.24, 2.45) is 0 Å². The number of hydrogen-bond donors (Lipinski definition) is 1. The molecule has 0 unspecified atom stereocenters. The van der Waals surface area contributed by atoms with Gasteiger partial charge in [0.25, 0.3) is 0 Å². The monoisotopic (exact) mass is 261 g/mol. The van der Waals surface area contributed by atoms with Crippen LogP contribution in [0, 0.1) is 4.77 Å². The zero-order valence-electron chi connectivity index (χ0n) is 10.6. The van der Waals surface area contributed by atoms with Crippen molar-refractivity contribution < 1.29 is 0 Å². The molecule has 0 amide bonds. The first-order chi connectivity index (χ1) is 8.86. The van der Waals surface area contributed by atoms with E-state index in [4.69, 9.17) is 12.2 Å². The van der Waals surface area contributed by atoms with Gasteiger partial charge in [0, 0.05) is 12.2 Å². The van der Waals surface area contributed by atoms with Crippen molar-refractivity contribution in [3.05, 3.63) is 23.2 Å². The summed E-state index contributed by atoms with van der Waals surface area (Å²) in [6, 6.07) is 2.63. The van der Waals surface area contributed by atoms with Crippen molar-refractivity contribution >= 4 is 23.3 Å². The van der Waals surface area contributed by atoms with Crippen LogP contribution in [0.1, 0.15) is 51.0 Å². The van der Waals surface area contributed by atoms with Gasteiger partial charge in [-0.1, -0.05) is 32.1 Å². The Morgan fingerprint density at radius 3 is 2.67 bits per heavy atom. The lowest BCUT2D eigenvalue weighted by atomic mass is 9.96. The highest BCUT2D eigenvalue weighted by Crippen LogP contribution is 2.29. The highest BCUT2D eigenvalue weighted by molar-refractivity contribution is 7.71. The van der Waals surface area contributed by atoms with Gasteiger partial charge in [-0.05, 0) is 31.1 Å². The third-order valence-corrected chi connectivity index (χ3v) is 4.26. The van der Waals surface area contributed by atoms with Crippen LogP contribution in [0.15, 0.2) is 18.5 Å². The second-order valence-electron chi connectivity index (χ2n) is 5.19. The Morgan fingerprint density at radius 2 is 1.89 bits per heavy atom. The molecular formula is C14H19N3S. The van der Waals surface area contributed by atoms with E-state index in [1.54, 1.807) is 0 Å². The molecule has 2 aromatic rings. The third-order valence-electron chi connectivity index (χ3n) is 3.96. The van der Waals surface area contributed by atoms with Crippen LogP contribution in [0.3, 0.4) is 0 Å². The molecule has 1 saturated carbocycles. The maximum atomic E-state index is 5.49. The smallest absolute Gasteiger partial charge is 0.178 e. The summed E-state index contributed by atoms with van der Waals surface area (Å²) in [5, 5.41) is 0. The van der Waals surface area contributed by atoms with Crippen LogP contribution < -0.4 is 0 Å². The molecule has 0 spiro atoms. The Balaban J connectivity index is 2.01. The molecule has 0 aliphatic heterocycles. The summed E-state index contributed by atoms with van der Waals surface area (Å²) in [4.78, 5) is 7.43. The fraction of sp³-hybridized carbons (Fsp3) is 0.571. The van der Waals surface area contributed by atoms with Crippen LogP contribution in [0.2, 0.25) is 0 Å². The summed E-state index contributed by atoms with van der Waals surface area (Å²) < 4.78 is 3.17. The zero-order valence-corrected chi connectivity index (χ0v) is 11.4. The Morgan fingerprint density at radius 1 is 1.17 bits per heavy atom. The molecule has 0 saturated heterocycles. The molecule has 1 aliphatic carbocycles. The van der Waals surface area contributed by atoms with Crippen molar-refractivity contribution in [3.8, 4) is 0 Å². The normalized spacial score (nSPS) is 18.7. The molecule has 1 aliphatic rings. The van der Waals surface area contributed by atoms with Crippen LogP contribution >= 0.6 is 12.2 Å². The molecule has 0 bridgehead atoms. The van der Waals surface area contributed by atoms with E-state index in [2.05, 4.69) is 20.6 Å². The second kappa shape index (κ2) is 5.22. The van der Waals surface area contributed by atoms with E-state index in [0.717, 1.165) is 10.3 Å². The number of aromatic nitrogens is 3. The molecule has 2 aromatic heterocycles. The van der Waals surface area contributed by atoms with E-state index in [1.165, 1.54) is 50.5 Å². The molecule has 1 N–H and O–H groups in total. The minimum Gasteiger partial charge on any atom is -0.329 e. The molecule has 0 radical (unpaired) electrons. The standard InChI is InChI=1S/C14H19N3S/c18-14-16-12-10-15-9-8-13(12)17(14)11-6-4-2-1-3-5-7-11/h8-11H,1-7H2,(H,16,18). The second-order valence-corrected chi connectivity index (χ2v) is 5.58. The highest BCUT2D eigenvalue weighted by atomic mass is 32.1. The van der Waals surface area contributed by atoms with Gasteiger partial charge in [0.1, 0.15) is 0 Å². The van der Waals surface area contributed by atoms with Crippen molar-refractivity contribution in [3.63, 3.8) is 0 Å². The maximum absolute atomic E-state index is 5.49. The third kappa shape index (κ3) is 2.21. The Labute approximate surface area is 112 Å². The van der Waals surface area contributed by atoms with Gasteiger partial charge in [0.05, 0.1) is 17.2 Å². The number of aromatic amines is 1. The number of rotatable bonds is 1. The molecule has 3 nitrogen and oxygen atoms in total. The van der Waals surface area contributed by atoms with Crippen molar-refractivity contribution in [1.82, 2.24) is 14.5 Å². The van der Waals surface area contributed by atoms with Gasteiger partial charge in [-0.2, -0.15) is 0 Å². The van der Waals surface area contributed by atoms with Gasteiger partial charge in [-0.15, -0.1) is 0 Å². The summed E-state index contributed by atoms with van der Waals surface area (Å²) in [6.07, 6.45) is 13.0. The first kappa shape index (κ1) is 11.9. The summed E-state index contributed by atoms with van der Waals surface area (Å²) in [7, 11) is 0. The highest BCUT2D eigenvalue weighted by Gasteiger charge is 2.16. The molecular weight excluding hydrogens is 242 g/mol. The summed E-state index contributed by atoms with van der Waals surface area (Å²) in [5.41, 5.74) is 2.27. The van der Waals surface area contributed by atoms with Crippen LogP contribution in [0.5, 0.6) is 0 Å². The largest absolute Gasteiger partial charge is 0.329 e. The van der Waals surface area contributed by atoms with Gasteiger partial charge in [0.2, 0.25) is 0 Å². The van der Waals surface area contributed by atoms with Gasteiger partial charge < -0.3 is 9.55 Å². The van der Waals surface area contributed by atoms with E-state index in [9.17, 15) is 0 Å². The molecule has 0 aromatic carbocycles. The van der Waals surface area contributed by atoms with Crippen molar-refractivity contribution in [2.45, 2.75) is 51.0 Å². The van der Waals surface area contributed by atoms with Crippen LogP contribution in [0.4, 0.5) is 0 Å². The molecule has 96 valence electrons. The predicted octanol–water partition coefficient (Wildman–Crippen LogP) is 4.38. The van der Waals surface area contributed by atoms with E-state index >= 15 is 0 Å². The molecule has 4 heteroatoms. The number of imidazole rings is 1. The minimum atomic E-state index is 0.564. The first-order valence-electron chi connectivity index (χ1n) is 6.90. The van der Waals surface area contributed by atoms with Crippen LogP contribution in [-0.4, -0.2) is 14.5 Å². The van der Waals surface area contributed by atoms with Gasteiger partial charge >= 0.3 is 0 Å². The molecule has 2 heterocycles. The Kier molecular flexibility index (Phi) is 3.46. The lowest BCUT2D eigenvalue weighted by Crippen LogP contribution is -2.11. The van der Waals surface area contributed by atoms with E-state index in [0.29, 0.717) is 6.04 Å². The van der Waals surface area contributed by atoms with Gasteiger partial charge in [0.15, 0.2) is 4.77 Å². The molecule has 18 heavy (non-hydrogen) atoms. The van der Waals surface area contributed by atoms with Crippen LogP contribution in [-0.2, 0) is 0 Å². The SMILES string of the molecule is S=c1[nH]c2cnccc2n1C1CCCCCCC1. The molecule has 1 fully saturated rings. The summed E-state index contributed by atoms with van der Waals surface area (Å²) >= 11 is 5.49. The number of nitrogens with zero attached hydrogens (tertiary/aromatic N) is 2. The number of hydrogen-bond acceptors (Lipinski definition) is 2. The number of nitrogens with one attached hydrogen (secondary N) is 1. The number of fused-ring (bicyclic) bond motifs is 1. The van der Waals surface area contributed by atoms with Gasteiger partial charge in [-0.3, -0.25) is 4.98 Å². The Bertz CT molecular complexity index is 576. The average molecular weight is 261 g/mol. The zero-order chi connectivity index (χ0) is 12.4. The Hall–Kier alpha value is -1.16.